The summed E-state index contributed by atoms with van der Waals surface area (Å²) in [6, 6.07) is 10.7. The van der Waals surface area contributed by atoms with Crippen LogP contribution in [0.25, 0.3) is 0 Å². The van der Waals surface area contributed by atoms with Crippen molar-refractivity contribution in [3.8, 4) is 0 Å². The molecule has 1 aromatic rings. The van der Waals surface area contributed by atoms with Crippen LogP contribution in [0.2, 0.25) is 0 Å². The maximum atomic E-state index is 8.44. The summed E-state index contributed by atoms with van der Waals surface area (Å²) in [6.07, 6.45) is 1.15. The molecule has 1 aliphatic heterocycles. The van der Waals surface area contributed by atoms with Gasteiger partial charge in [0.25, 0.3) is 0 Å². The molecule has 20 heavy (non-hydrogen) atoms. The molecule has 1 aliphatic rings. The zero-order valence-electron chi connectivity index (χ0n) is 12.1. The first kappa shape index (κ1) is 22.7. The molecule has 0 amide bonds. The minimum absolute atomic E-state index is 0. The molecule has 8 heteroatoms. The molecule has 0 saturated carbocycles. The molecule has 0 aromatic heterocycles. The summed E-state index contributed by atoms with van der Waals surface area (Å²) >= 11 is -3.11. The van der Waals surface area contributed by atoms with Gasteiger partial charge in [0.2, 0.25) is 0 Å². The van der Waals surface area contributed by atoms with E-state index < -0.39 is 11.4 Å². The van der Waals surface area contributed by atoms with Crippen molar-refractivity contribution in [2.75, 3.05) is 32.8 Å². The molecule has 0 bridgehead atoms. The minimum atomic E-state index is -3.11. The van der Waals surface area contributed by atoms with E-state index in [9.17, 15) is 0 Å². The molecule has 1 saturated heterocycles. The normalized spacial score (nSPS) is 14.6. The predicted octanol–water partition coefficient (Wildman–Crippen LogP) is -5.43. The minimum Gasteiger partial charge on any atom is -0.784 e. The molecule has 0 unspecified atom stereocenters. The van der Waals surface area contributed by atoms with E-state index in [0.29, 0.717) is 0 Å². The van der Waals surface area contributed by atoms with Gasteiger partial charge in [-0.1, -0.05) is 30.3 Å². The Morgan fingerprint density at radius 1 is 1.10 bits per heavy atom. The molecule has 1 fully saturated rings. The molecule has 2 rings (SSSR count). The number of morpholine rings is 1. The summed E-state index contributed by atoms with van der Waals surface area (Å²) in [5.41, 5.74) is 1.43. The summed E-state index contributed by atoms with van der Waals surface area (Å²) in [7, 11) is 0. The van der Waals surface area contributed by atoms with Crippen molar-refractivity contribution < 1.29 is 55.8 Å². The Balaban J connectivity index is 0. The van der Waals surface area contributed by atoms with Crippen molar-refractivity contribution in [3.63, 3.8) is 0 Å². The first-order valence-corrected chi connectivity index (χ1v) is 6.79. The Morgan fingerprint density at radius 2 is 1.60 bits per heavy atom. The largest absolute Gasteiger partial charge is 1.00 e. The average molecular weight is 285 g/mol. The molecule has 5 nitrogen and oxygen atoms in total. The van der Waals surface area contributed by atoms with Gasteiger partial charge < -0.3 is 13.8 Å². The van der Waals surface area contributed by atoms with Gasteiger partial charge >= 0.3 is 37.7 Å². The van der Waals surface area contributed by atoms with E-state index in [0.717, 1.165) is 39.3 Å². The zero-order chi connectivity index (χ0) is 13.2. The molecular formula is C12H17Li2NO4S. The van der Waals surface area contributed by atoms with Crippen LogP contribution in [-0.4, -0.2) is 51.1 Å². The molecule has 0 aliphatic carbocycles. The number of rotatable bonds is 3. The fourth-order valence-corrected chi connectivity index (χ4v) is 1.76. The molecule has 1 aromatic carbocycles. The SMILES string of the molecule is O=S([O-])[O-].[Li+].[Li+].c1ccc(CCN2CCOCC2)cc1. The van der Waals surface area contributed by atoms with E-state index in [4.69, 9.17) is 18.1 Å². The molecular weight excluding hydrogens is 268 g/mol. The topological polar surface area (TPSA) is 75.7 Å². The number of nitrogens with zero attached hydrogens (tertiary/aromatic N) is 1. The van der Waals surface area contributed by atoms with E-state index in [-0.39, 0.29) is 37.7 Å². The first-order chi connectivity index (χ1) is 8.68. The monoisotopic (exact) mass is 285 g/mol. The first-order valence-electron chi connectivity index (χ1n) is 5.79. The average Bonchev–Trinajstić information content (AvgIpc) is 2.38. The summed E-state index contributed by atoms with van der Waals surface area (Å²) in [4.78, 5) is 2.47. The number of benzene rings is 1. The van der Waals surface area contributed by atoms with Crippen LogP contribution < -0.4 is 37.7 Å². The fourth-order valence-electron chi connectivity index (χ4n) is 1.76. The van der Waals surface area contributed by atoms with Crippen LogP contribution in [0.1, 0.15) is 5.56 Å². The summed E-state index contributed by atoms with van der Waals surface area (Å²) < 4.78 is 30.6. The van der Waals surface area contributed by atoms with Gasteiger partial charge in [0, 0.05) is 19.6 Å². The van der Waals surface area contributed by atoms with E-state index in [1.165, 1.54) is 5.56 Å². The van der Waals surface area contributed by atoms with Crippen molar-refractivity contribution in [2.24, 2.45) is 0 Å². The Labute approximate surface area is 146 Å². The molecule has 0 spiro atoms. The Morgan fingerprint density at radius 3 is 2.10 bits per heavy atom. The molecule has 0 atom stereocenters. The van der Waals surface area contributed by atoms with Crippen molar-refractivity contribution in [2.45, 2.75) is 6.42 Å². The fraction of sp³-hybridized carbons (Fsp3) is 0.500. The van der Waals surface area contributed by atoms with E-state index in [2.05, 4.69) is 35.2 Å². The van der Waals surface area contributed by atoms with Crippen molar-refractivity contribution in [1.29, 1.82) is 0 Å². The third-order valence-electron chi connectivity index (χ3n) is 2.66. The van der Waals surface area contributed by atoms with Crippen molar-refractivity contribution >= 4 is 11.4 Å². The van der Waals surface area contributed by atoms with Crippen LogP contribution in [0.3, 0.4) is 0 Å². The van der Waals surface area contributed by atoms with Gasteiger partial charge in [-0.3, -0.25) is 9.11 Å². The van der Waals surface area contributed by atoms with Crippen molar-refractivity contribution in [1.82, 2.24) is 4.90 Å². The maximum absolute atomic E-state index is 8.44. The van der Waals surface area contributed by atoms with Crippen LogP contribution in [0.4, 0.5) is 0 Å². The molecule has 0 N–H and O–H groups in total. The second-order valence-corrected chi connectivity index (χ2v) is 4.30. The zero-order valence-corrected chi connectivity index (χ0v) is 12.9. The quantitative estimate of drug-likeness (QED) is 0.409. The number of ether oxygens (including phenoxy) is 1. The van der Waals surface area contributed by atoms with Crippen LogP contribution in [0.5, 0.6) is 0 Å². The van der Waals surface area contributed by atoms with Gasteiger partial charge in [0.15, 0.2) is 0 Å². The van der Waals surface area contributed by atoms with E-state index >= 15 is 0 Å². The summed E-state index contributed by atoms with van der Waals surface area (Å²) in [6.45, 7) is 5.14. The van der Waals surface area contributed by atoms with Crippen LogP contribution in [-0.2, 0) is 22.5 Å². The van der Waals surface area contributed by atoms with Gasteiger partial charge in [-0.2, -0.15) is 0 Å². The smallest absolute Gasteiger partial charge is 0.784 e. The number of hydrogen-bond acceptors (Lipinski definition) is 5. The third-order valence-corrected chi connectivity index (χ3v) is 2.66. The second kappa shape index (κ2) is 14.3. The van der Waals surface area contributed by atoms with Gasteiger partial charge in [-0.05, 0) is 12.0 Å². The van der Waals surface area contributed by atoms with Crippen LogP contribution in [0.15, 0.2) is 30.3 Å². The van der Waals surface area contributed by atoms with Gasteiger partial charge in [0.1, 0.15) is 0 Å². The third kappa shape index (κ3) is 12.2. The van der Waals surface area contributed by atoms with E-state index in [1.54, 1.807) is 0 Å². The summed E-state index contributed by atoms with van der Waals surface area (Å²) in [5, 5.41) is 0. The van der Waals surface area contributed by atoms with Crippen LogP contribution in [0, 0.1) is 0 Å². The van der Waals surface area contributed by atoms with Gasteiger partial charge in [0.05, 0.1) is 13.2 Å². The maximum Gasteiger partial charge on any atom is 1.00 e. The predicted molar refractivity (Wildman–Crippen MR) is 67.1 cm³/mol. The van der Waals surface area contributed by atoms with E-state index in [1.807, 2.05) is 0 Å². The molecule has 1 heterocycles. The molecule has 102 valence electrons. The summed E-state index contributed by atoms with van der Waals surface area (Å²) in [5.74, 6) is 0. The number of hydrogen-bond donors (Lipinski definition) is 0. The Kier molecular flexibility index (Phi) is 16.3. The van der Waals surface area contributed by atoms with Crippen LogP contribution >= 0.6 is 0 Å². The van der Waals surface area contributed by atoms with Gasteiger partial charge in [-0.15, -0.1) is 11.4 Å². The van der Waals surface area contributed by atoms with Crippen molar-refractivity contribution in [3.05, 3.63) is 35.9 Å². The standard InChI is InChI=1S/C12H17NO.2Li.H2O3S/c1-2-4-12(5-3-1)6-7-13-8-10-14-11-9-13;;;1-4(2)3/h1-5H,6-11H2;;;(H2,1,2,3)/q;2*+1;/p-2. The van der Waals surface area contributed by atoms with Gasteiger partial charge in [-0.25, -0.2) is 0 Å². The molecule has 0 radical (unpaired) electrons. The Bertz CT molecular complexity index is 347. The second-order valence-electron chi connectivity index (χ2n) is 3.89. The Hall–Kier alpha value is 0.405.